The van der Waals surface area contributed by atoms with E-state index in [-0.39, 0.29) is 24.0 Å². The third-order valence-corrected chi connectivity index (χ3v) is 5.86. The Balaban J connectivity index is 1.82. The van der Waals surface area contributed by atoms with E-state index in [1.54, 1.807) is 60.9 Å². The summed E-state index contributed by atoms with van der Waals surface area (Å²) in [6.07, 6.45) is 3.29. The first-order chi connectivity index (χ1) is 16.3. The Morgan fingerprint density at radius 3 is 2.50 bits per heavy atom. The molecule has 1 fully saturated rings. The Kier molecular flexibility index (Phi) is 6.70. The number of aliphatic hydroxyl groups is 1. The summed E-state index contributed by atoms with van der Waals surface area (Å²) in [7, 11) is 0. The van der Waals surface area contributed by atoms with Gasteiger partial charge in [0.05, 0.1) is 17.7 Å². The molecule has 2 heterocycles. The van der Waals surface area contributed by atoms with Crippen molar-refractivity contribution in [2.75, 3.05) is 0 Å². The molecule has 0 spiro atoms. The smallest absolute Gasteiger partial charge is 0.295 e. The fourth-order valence-corrected chi connectivity index (χ4v) is 4.19. The summed E-state index contributed by atoms with van der Waals surface area (Å²) in [5.41, 5.74) is 2.73. The minimum atomic E-state index is -0.774. The maximum atomic E-state index is 13.2. The van der Waals surface area contributed by atoms with Crippen molar-refractivity contribution in [3.05, 3.63) is 99.8 Å². The number of carbonyl (C=O) groups is 2. The number of amides is 1. The second-order valence-corrected chi connectivity index (χ2v) is 8.92. The van der Waals surface area contributed by atoms with Crippen LogP contribution in [0.5, 0.6) is 5.75 Å². The summed E-state index contributed by atoms with van der Waals surface area (Å²) >= 11 is 6.08. The van der Waals surface area contributed by atoms with E-state index < -0.39 is 17.7 Å². The van der Waals surface area contributed by atoms with Gasteiger partial charge in [-0.25, -0.2) is 0 Å². The number of aryl methyl sites for hydroxylation is 1. The average molecular weight is 477 g/mol. The van der Waals surface area contributed by atoms with E-state index in [1.807, 2.05) is 26.8 Å². The van der Waals surface area contributed by atoms with Crippen LogP contribution in [-0.2, 0) is 16.1 Å². The summed E-state index contributed by atoms with van der Waals surface area (Å²) < 4.78 is 5.78. The lowest BCUT2D eigenvalue weighted by Gasteiger charge is -2.25. The monoisotopic (exact) mass is 476 g/mol. The van der Waals surface area contributed by atoms with Crippen LogP contribution in [0.15, 0.2) is 72.6 Å². The third kappa shape index (κ3) is 4.68. The number of aliphatic hydroxyl groups excluding tert-OH is 1. The second kappa shape index (κ2) is 9.69. The van der Waals surface area contributed by atoms with Gasteiger partial charge in [0.25, 0.3) is 11.7 Å². The van der Waals surface area contributed by atoms with Crippen molar-refractivity contribution < 1.29 is 19.4 Å². The van der Waals surface area contributed by atoms with Crippen LogP contribution < -0.4 is 4.74 Å². The molecule has 1 saturated heterocycles. The number of benzene rings is 2. The number of halogens is 1. The molecule has 174 valence electrons. The van der Waals surface area contributed by atoms with Crippen LogP contribution in [0.25, 0.3) is 5.76 Å². The summed E-state index contributed by atoms with van der Waals surface area (Å²) in [5, 5.41) is 11.8. The minimum absolute atomic E-state index is 0.000789. The van der Waals surface area contributed by atoms with Crippen molar-refractivity contribution in [1.82, 2.24) is 9.88 Å². The highest BCUT2D eigenvalue weighted by atomic mass is 35.5. The van der Waals surface area contributed by atoms with Crippen molar-refractivity contribution in [3.63, 3.8) is 0 Å². The average Bonchev–Trinajstić information content (AvgIpc) is 3.06. The van der Waals surface area contributed by atoms with Gasteiger partial charge in [0.15, 0.2) is 0 Å². The lowest BCUT2D eigenvalue weighted by molar-refractivity contribution is -0.140. The predicted octanol–water partition coefficient (Wildman–Crippen LogP) is 5.45. The Bertz CT molecular complexity index is 1250. The second-order valence-electron chi connectivity index (χ2n) is 8.49. The molecule has 1 atom stereocenters. The van der Waals surface area contributed by atoms with Gasteiger partial charge in [-0.2, -0.15) is 0 Å². The molecule has 1 aliphatic heterocycles. The van der Waals surface area contributed by atoms with Gasteiger partial charge < -0.3 is 14.7 Å². The molecule has 34 heavy (non-hydrogen) atoms. The number of hydrogen-bond acceptors (Lipinski definition) is 5. The minimum Gasteiger partial charge on any atom is -0.507 e. The van der Waals surface area contributed by atoms with Crippen LogP contribution in [0, 0.1) is 6.92 Å². The molecule has 0 saturated carbocycles. The number of rotatable bonds is 6. The van der Waals surface area contributed by atoms with Crippen LogP contribution in [0.4, 0.5) is 0 Å². The zero-order chi connectivity index (χ0) is 24.4. The van der Waals surface area contributed by atoms with Gasteiger partial charge >= 0.3 is 0 Å². The molecule has 6 nitrogen and oxygen atoms in total. The largest absolute Gasteiger partial charge is 0.507 e. The van der Waals surface area contributed by atoms with Crippen molar-refractivity contribution in [1.29, 1.82) is 0 Å². The Morgan fingerprint density at radius 2 is 1.88 bits per heavy atom. The fraction of sp³-hybridized carbons (Fsp3) is 0.222. The van der Waals surface area contributed by atoms with E-state index in [0.29, 0.717) is 21.9 Å². The van der Waals surface area contributed by atoms with E-state index in [1.165, 1.54) is 4.90 Å². The number of pyridine rings is 1. The number of Topliss-reactive ketones (excluding diaryl/α,β-unsaturated/α-hetero) is 1. The SMILES string of the molecule is Cc1cc(C(O)=C2C(=O)C(=O)N(Cc3cccnc3)[C@@H]2c2ccc(Cl)cc2)ccc1OC(C)C. The van der Waals surface area contributed by atoms with E-state index >= 15 is 0 Å². The fourth-order valence-electron chi connectivity index (χ4n) is 4.06. The Morgan fingerprint density at radius 1 is 1.15 bits per heavy atom. The molecule has 7 heteroatoms. The first-order valence-corrected chi connectivity index (χ1v) is 11.3. The molecule has 4 rings (SSSR count). The lowest BCUT2D eigenvalue weighted by atomic mass is 9.94. The number of hydrogen-bond donors (Lipinski definition) is 1. The standard InChI is InChI=1S/C27H25ClN2O4/c1-16(2)34-22-11-8-20(13-17(22)3)25(31)23-24(19-6-9-21(28)10-7-19)30(27(33)26(23)32)15-18-5-4-12-29-14-18/h4-14,16,24,31H,15H2,1-3H3/t24-/m1/s1. The van der Waals surface area contributed by atoms with E-state index in [2.05, 4.69) is 4.98 Å². The van der Waals surface area contributed by atoms with Crippen LogP contribution in [-0.4, -0.2) is 32.8 Å². The van der Waals surface area contributed by atoms with Crippen LogP contribution in [0.2, 0.25) is 5.02 Å². The zero-order valence-corrected chi connectivity index (χ0v) is 19.9. The molecule has 2 aromatic carbocycles. The van der Waals surface area contributed by atoms with Gasteiger partial charge in [0.1, 0.15) is 11.5 Å². The van der Waals surface area contributed by atoms with Crippen LogP contribution >= 0.6 is 11.6 Å². The first kappa shape index (κ1) is 23.5. The number of nitrogens with zero attached hydrogens (tertiary/aromatic N) is 2. The van der Waals surface area contributed by atoms with Gasteiger partial charge in [0.2, 0.25) is 0 Å². The summed E-state index contributed by atoms with van der Waals surface area (Å²) in [6.45, 7) is 5.90. The number of ether oxygens (including phenoxy) is 1. The van der Waals surface area contributed by atoms with Crippen molar-refractivity contribution in [2.24, 2.45) is 0 Å². The molecule has 3 aromatic rings. The summed E-state index contributed by atoms with van der Waals surface area (Å²) in [4.78, 5) is 31.9. The molecule has 1 amide bonds. The van der Waals surface area contributed by atoms with E-state index in [0.717, 1.165) is 11.1 Å². The molecule has 0 bridgehead atoms. The quantitative estimate of drug-likeness (QED) is 0.290. The Labute approximate surface area is 203 Å². The molecule has 0 aliphatic carbocycles. The molecular formula is C27H25ClN2O4. The molecule has 1 aliphatic rings. The Hall–Kier alpha value is -3.64. The normalized spacial score (nSPS) is 17.4. The van der Waals surface area contributed by atoms with Crippen molar-refractivity contribution in [2.45, 2.75) is 39.5 Å². The van der Waals surface area contributed by atoms with Gasteiger partial charge in [-0.05, 0) is 73.9 Å². The van der Waals surface area contributed by atoms with Crippen LogP contribution in [0.1, 0.15) is 42.1 Å². The maximum absolute atomic E-state index is 13.2. The van der Waals surface area contributed by atoms with E-state index in [4.69, 9.17) is 16.3 Å². The van der Waals surface area contributed by atoms with Crippen LogP contribution in [0.3, 0.4) is 0 Å². The number of ketones is 1. The van der Waals surface area contributed by atoms with Gasteiger partial charge in [-0.3, -0.25) is 14.6 Å². The molecule has 1 aromatic heterocycles. The highest BCUT2D eigenvalue weighted by Crippen LogP contribution is 2.41. The van der Waals surface area contributed by atoms with Crippen molar-refractivity contribution >= 4 is 29.1 Å². The zero-order valence-electron chi connectivity index (χ0n) is 19.2. The highest BCUT2D eigenvalue weighted by Gasteiger charge is 2.46. The predicted molar refractivity (Wildman–Crippen MR) is 130 cm³/mol. The summed E-state index contributed by atoms with van der Waals surface area (Å²) in [6, 6.07) is 14.9. The molecule has 0 unspecified atom stereocenters. The molecular weight excluding hydrogens is 452 g/mol. The number of aromatic nitrogens is 1. The van der Waals surface area contributed by atoms with E-state index in [9.17, 15) is 14.7 Å². The third-order valence-electron chi connectivity index (χ3n) is 5.61. The molecule has 1 N–H and O–H groups in total. The highest BCUT2D eigenvalue weighted by molar-refractivity contribution is 6.46. The van der Waals surface area contributed by atoms with Crippen molar-refractivity contribution in [3.8, 4) is 5.75 Å². The maximum Gasteiger partial charge on any atom is 0.295 e. The number of carbonyl (C=O) groups excluding carboxylic acids is 2. The van der Waals surface area contributed by atoms with Gasteiger partial charge in [-0.15, -0.1) is 0 Å². The van der Waals surface area contributed by atoms with Gasteiger partial charge in [-0.1, -0.05) is 29.8 Å². The topological polar surface area (TPSA) is 79.7 Å². The summed E-state index contributed by atoms with van der Waals surface area (Å²) in [5.74, 6) is -0.952. The molecule has 0 radical (unpaired) electrons. The lowest BCUT2D eigenvalue weighted by Crippen LogP contribution is -2.29. The number of likely N-dealkylation sites (tertiary alicyclic amines) is 1. The van der Waals surface area contributed by atoms with Gasteiger partial charge in [0, 0.05) is 29.5 Å². The first-order valence-electron chi connectivity index (χ1n) is 11.0.